The van der Waals surface area contributed by atoms with E-state index >= 15 is 0 Å². The molecule has 0 N–H and O–H groups in total. The fraction of sp³-hybridized carbons (Fsp3) is 0.765. The van der Waals surface area contributed by atoms with Crippen LogP contribution in [-0.2, 0) is 9.47 Å². The molecule has 2 fully saturated rings. The van der Waals surface area contributed by atoms with Gasteiger partial charge in [0.15, 0.2) is 0 Å². The first-order chi connectivity index (χ1) is 11.2. The second kappa shape index (κ2) is 8.04. The van der Waals surface area contributed by atoms with Crippen LogP contribution in [0, 0.1) is 13.8 Å². The molecule has 1 aromatic heterocycles. The molecule has 6 heteroatoms. The molecule has 3 heterocycles. The van der Waals surface area contributed by atoms with Crippen molar-refractivity contribution in [1.82, 2.24) is 14.9 Å². The maximum absolute atomic E-state index is 5.76. The second-order valence-electron chi connectivity index (χ2n) is 6.45. The van der Waals surface area contributed by atoms with Crippen molar-refractivity contribution in [2.75, 3.05) is 57.4 Å². The van der Waals surface area contributed by atoms with Gasteiger partial charge in [-0.15, -0.1) is 0 Å². The highest BCUT2D eigenvalue weighted by molar-refractivity contribution is 5.40. The molecule has 0 bridgehead atoms. The van der Waals surface area contributed by atoms with Crippen LogP contribution in [0.3, 0.4) is 0 Å². The van der Waals surface area contributed by atoms with Crippen LogP contribution in [0.1, 0.15) is 24.4 Å². The Morgan fingerprint density at radius 1 is 1.22 bits per heavy atom. The fourth-order valence-corrected chi connectivity index (χ4v) is 3.24. The highest BCUT2D eigenvalue weighted by Gasteiger charge is 2.19. The lowest BCUT2D eigenvalue weighted by Gasteiger charge is -2.35. The number of aromatic nitrogens is 2. The first-order valence-corrected chi connectivity index (χ1v) is 8.69. The molecule has 0 radical (unpaired) electrons. The van der Waals surface area contributed by atoms with Gasteiger partial charge in [0.25, 0.3) is 0 Å². The number of nitrogens with zero attached hydrogens (tertiary/aromatic N) is 4. The Hall–Kier alpha value is -1.24. The first kappa shape index (κ1) is 16.6. The molecule has 0 aliphatic carbocycles. The van der Waals surface area contributed by atoms with E-state index in [1.165, 1.54) is 6.42 Å². The maximum Gasteiger partial charge on any atom is 0.132 e. The number of rotatable bonds is 6. The van der Waals surface area contributed by atoms with Gasteiger partial charge in [0.05, 0.1) is 19.3 Å². The van der Waals surface area contributed by atoms with E-state index in [0.29, 0.717) is 6.10 Å². The third-order valence-electron chi connectivity index (χ3n) is 4.53. The molecule has 2 aliphatic rings. The summed E-state index contributed by atoms with van der Waals surface area (Å²) in [5.41, 5.74) is 1.04. The van der Waals surface area contributed by atoms with Gasteiger partial charge in [-0.05, 0) is 26.7 Å². The summed E-state index contributed by atoms with van der Waals surface area (Å²) in [7, 11) is 0. The van der Waals surface area contributed by atoms with Gasteiger partial charge in [-0.25, -0.2) is 9.97 Å². The standard InChI is InChI=1S/C17H28N4O2/c1-14-12-17(19-15(2)18-14)21-7-5-20(6-8-21)9-11-22-13-16-4-3-10-23-16/h12,16H,3-11,13H2,1-2H3/t16-/m1/s1. The minimum Gasteiger partial charge on any atom is -0.377 e. The SMILES string of the molecule is Cc1cc(N2CCN(CCOC[C@H]3CCCO3)CC2)nc(C)n1. The predicted octanol–water partition coefficient (Wildman–Crippen LogP) is 1.41. The molecule has 0 spiro atoms. The first-order valence-electron chi connectivity index (χ1n) is 8.69. The molecule has 3 rings (SSSR count). The second-order valence-corrected chi connectivity index (χ2v) is 6.45. The summed E-state index contributed by atoms with van der Waals surface area (Å²) in [6, 6.07) is 2.08. The van der Waals surface area contributed by atoms with Crippen molar-refractivity contribution in [2.24, 2.45) is 0 Å². The minimum absolute atomic E-state index is 0.330. The van der Waals surface area contributed by atoms with Crippen LogP contribution in [0.2, 0.25) is 0 Å². The molecule has 1 atom stereocenters. The summed E-state index contributed by atoms with van der Waals surface area (Å²) in [6.07, 6.45) is 2.66. The van der Waals surface area contributed by atoms with Gasteiger partial charge in [-0.2, -0.15) is 0 Å². The van der Waals surface area contributed by atoms with E-state index in [4.69, 9.17) is 9.47 Å². The number of hydrogen-bond donors (Lipinski definition) is 0. The lowest BCUT2D eigenvalue weighted by molar-refractivity contribution is 0.0101. The normalized spacial score (nSPS) is 22.7. The molecule has 0 amide bonds. The fourth-order valence-electron chi connectivity index (χ4n) is 3.24. The minimum atomic E-state index is 0.330. The summed E-state index contributed by atoms with van der Waals surface area (Å²) in [6.45, 7) is 11.6. The van der Waals surface area contributed by atoms with Gasteiger partial charge in [0.1, 0.15) is 11.6 Å². The average molecular weight is 320 g/mol. The van der Waals surface area contributed by atoms with Crippen LogP contribution in [-0.4, -0.2) is 73.5 Å². The van der Waals surface area contributed by atoms with E-state index in [0.717, 1.165) is 76.3 Å². The van der Waals surface area contributed by atoms with Crippen LogP contribution in [0.15, 0.2) is 6.07 Å². The average Bonchev–Trinajstić information content (AvgIpc) is 3.04. The Morgan fingerprint density at radius 3 is 2.74 bits per heavy atom. The van der Waals surface area contributed by atoms with Crippen molar-refractivity contribution < 1.29 is 9.47 Å². The Bertz CT molecular complexity index is 477. The van der Waals surface area contributed by atoms with E-state index in [9.17, 15) is 0 Å². The van der Waals surface area contributed by atoms with Crippen molar-refractivity contribution in [3.63, 3.8) is 0 Å². The summed E-state index contributed by atoms with van der Waals surface area (Å²) in [4.78, 5) is 13.7. The monoisotopic (exact) mass is 320 g/mol. The lowest BCUT2D eigenvalue weighted by atomic mass is 10.2. The zero-order valence-electron chi connectivity index (χ0n) is 14.3. The third-order valence-corrected chi connectivity index (χ3v) is 4.53. The van der Waals surface area contributed by atoms with Gasteiger partial charge < -0.3 is 14.4 Å². The zero-order chi connectivity index (χ0) is 16.1. The van der Waals surface area contributed by atoms with E-state index < -0.39 is 0 Å². The molecule has 0 unspecified atom stereocenters. The summed E-state index contributed by atoms with van der Waals surface area (Å²) >= 11 is 0. The molecule has 128 valence electrons. The molecule has 23 heavy (non-hydrogen) atoms. The van der Waals surface area contributed by atoms with Gasteiger partial charge in [-0.3, -0.25) is 4.90 Å². The molecule has 2 saturated heterocycles. The largest absolute Gasteiger partial charge is 0.377 e. The van der Waals surface area contributed by atoms with Crippen LogP contribution in [0.5, 0.6) is 0 Å². The predicted molar refractivity (Wildman–Crippen MR) is 90.0 cm³/mol. The van der Waals surface area contributed by atoms with Gasteiger partial charge in [0, 0.05) is 51.1 Å². The summed E-state index contributed by atoms with van der Waals surface area (Å²) < 4.78 is 11.3. The molecular weight excluding hydrogens is 292 g/mol. The van der Waals surface area contributed by atoms with Crippen LogP contribution >= 0.6 is 0 Å². The van der Waals surface area contributed by atoms with Crippen molar-refractivity contribution in [1.29, 1.82) is 0 Å². The molecule has 0 saturated carbocycles. The third kappa shape index (κ3) is 4.86. The van der Waals surface area contributed by atoms with Crippen LogP contribution in [0.25, 0.3) is 0 Å². The quantitative estimate of drug-likeness (QED) is 0.739. The Kier molecular flexibility index (Phi) is 5.80. The molecule has 6 nitrogen and oxygen atoms in total. The van der Waals surface area contributed by atoms with Crippen molar-refractivity contribution in [3.8, 4) is 0 Å². The van der Waals surface area contributed by atoms with E-state index in [2.05, 4.69) is 25.8 Å². The van der Waals surface area contributed by atoms with Crippen molar-refractivity contribution in [3.05, 3.63) is 17.6 Å². The number of aryl methyl sites for hydroxylation is 2. The maximum atomic E-state index is 5.76. The summed E-state index contributed by atoms with van der Waals surface area (Å²) in [5.74, 6) is 1.91. The van der Waals surface area contributed by atoms with E-state index in [1.807, 2.05) is 13.8 Å². The number of hydrogen-bond acceptors (Lipinski definition) is 6. The van der Waals surface area contributed by atoms with E-state index in [-0.39, 0.29) is 0 Å². The number of ether oxygens (including phenoxy) is 2. The highest BCUT2D eigenvalue weighted by Crippen LogP contribution is 2.15. The smallest absolute Gasteiger partial charge is 0.132 e. The number of piperazine rings is 1. The van der Waals surface area contributed by atoms with Crippen molar-refractivity contribution >= 4 is 5.82 Å². The Morgan fingerprint density at radius 2 is 2.04 bits per heavy atom. The van der Waals surface area contributed by atoms with E-state index in [1.54, 1.807) is 0 Å². The van der Waals surface area contributed by atoms with Crippen LogP contribution < -0.4 is 4.90 Å². The van der Waals surface area contributed by atoms with Gasteiger partial charge >= 0.3 is 0 Å². The number of anilines is 1. The Balaban J connectivity index is 1.36. The molecule has 2 aliphatic heterocycles. The molecule has 1 aromatic rings. The van der Waals surface area contributed by atoms with Gasteiger partial charge in [0.2, 0.25) is 0 Å². The molecule has 0 aromatic carbocycles. The Labute approximate surface area is 138 Å². The zero-order valence-corrected chi connectivity index (χ0v) is 14.3. The summed E-state index contributed by atoms with van der Waals surface area (Å²) in [5, 5.41) is 0. The lowest BCUT2D eigenvalue weighted by Crippen LogP contribution is -2.47. The van der Waals surface area contributed by atoms with Crippen molar-refractivity contribution in [2.45, 2.75) is 32.8 Å². The highest BCUT2D eigenvalue weighted by atomic mass is 16.5. The topological polar surface area (TPSA) is 50.7 Å². The van der Waals surface area contributed by atoms with Crippen LogP contribution in [0.4, 0.5) is 5.82 Å². The van der Waals surface area contributed by atoms with Gasteiger partial charge in [-0.1, -0.05) is 0 Å². The molecular formula is C17H28N4O2.